The molecular formula is C26H41O3P. The van der Waals surface area contributed by atoms with Crippen molar-refractivity contribution in [3.8, 4) is 0 Å². The predicted molar refractivity (Wildman–Crippen MR) is 131 cm³/mol. The van der Waals surface area contributed by atoms with Crippen molar-refractivity contribution in [1.29, 1.82) is 0 Å². The van der Waals surface area contributed by atoms with Gasteiger partial charge in [0.1, 0.15) is 0 Å². The van der Waals surface area contributed by atoms with Gasteiger partial charge in [-0.1, -0.05) is 0 Å². The summed E-state index contributed by atoms with van der Waals surface area (Å²) in [6.07, 6.45) is 8.58. The molecule has 0 unspecified atom stereocenters. The number of unbranched alkanes of at least 4 members (excludes halogenated alkanes) is 5. The van der Waals surface area contributed by atoms with Gasteiger partial charge in [0.05, 0.1) is 0 Å². The summed E-state index contributed by atoms with van der Waals surface area (Å²) in [5.74, 6) is 0. The Hall–Kier alpha value is -1.25. The van der Waals surface area contributed by atoms with Gasteiger partial charge in [-0.05, 0) is 0 Å². The molecule has 0 atom stereocenters. The van der Waals surface area contributed by atoms with Gasteiger partial charge >= 0.3 is 183 Å². The first-order chi connectivity index (χ1) is 14.3. The number of rotatable bonds is 12. The average molecular weight is 433 g/mol. The fraction of sp³-hybridized carbons (Fsp3) is 0.538. The zero-order chi connectivity index (χ0) is 22.2. The van der Waals surface area contributed by atoms with Crippen LogP contribution in [0, 0.1) is 13.8 Å². The molecule has 2 rings (SSSR count). The Morgan fingerprint density at radius 2 is 1.17 bits per heavy atom. The van der Waals surface area contributed by atoms with Gasteiger partial charge in [-0.15, -0.1) is 0 Å². The zero-order valence-corrected chi connectivity index (χ0v) is 20.5. The maximum atomic E-state index is 12.0. The third-order valence-corrected chi connectivity index (χ3v) is 9.45. The molecule has 168 valence electrons. The summed E-state index contributed by atoms with van der Waals surface area (Å²) in [5, 5.41) is 1.05. The van der Waals surface area contributed by atoms with Crippen molar-refractivity contribution in [3.63, 3.8) is 0 Å². The van der Waals surface area contributed by atoms with Gasteiger partial charge in [-0.2, -0.15) is 0 Å². The van der Waals surface area contributed by atoms with Gasteiger partial charge in [-0.25, -0.2) is 0 Å². The average Bonchev–Trinajstić information content (AvgIpc) is 2.72. The maximum absolute atomic E-state index is 12.0. The van der Waals surface area contributed by atoms with E-state index in [0.717, 1.165) is 36.8 Å². The third-order valence-electron chi connectivity index (χ3n) is 6.04. The molecule has 0 spiro atoms. The van der Waals surface area contributed by atoms with Crippen LogP contribution >= 0.6 is 7.28 Å². The van der Waals surface area contributed by atoms with Crippen LogP contribution in [-0.2, 0) is 17.4 Å². The van der Waals surface area contributed by atoms with E-state index in [1.54, 1.807) is 0 Å². The normalized spacial score (nSPS) is 13.2. The summed E-state index contributed by atoms with van der Waals surface area (Å²) in [7, 11) is -4.74. The third kappa shape index (κ3) is 5.71. The van der Waals surface area contributed by atoms with E-state index in [1.807, 2.05) is 50.2 Å². The molecule has 0 amide bonds. The van der Waals surface area contributed by atoms with Gasteiger partial charge in [-0.3, -0.25) is 0 Å². The zero-order valence-electron chi connectivity index (χ0n) is 19.6. The van der Waals surface area contributed by atoms with E-state index < -0.39 is 7.28 Å². The molecular weight excluding hydrogens is 391 g/mol. The van der Waals surface area contributed by atoms with E-state index >= 15 is 0 Å². The van der Waals surface area contributed by atoms with E-state index in [1.165, 1.54) is 36.8 Å². The molecule has 0 aromatic heterocycles. The predicted octanol–water partition coefficient (Wildman–Crippen LogP) is 6.04. The molecule has 0 heterocycles. The van der Waals surface area contributed by atoms with Crippen LogP contribution in [0.2, 0.25) is 0 Å². The van der Waals surface area contributed by atoms with E-state index in [0.29, 0.717) is 17.2 Å². The molecule has 0 radical (unpaired) electrons. The molecule has 2 aromatic rings. The molecule has 0 bridgehead atoms. The Kier molecular flexibility index (Phi) is 9.06. The second-order valence-corrected chi connectivity index (χ2v) is 11.6. The molecule has 2 N–H and O–H groups in total. The number of benzene rings is 2. The SMILES string of the molecule is CCCCCCCCOP(O)(O)(c1ccc(CC)cc1C)c1ccc(CC)cc1C. The van der Waals surface area contributed by atoms with Gasteiger partial charge in [0.2, 0.25) is 0 Å². The summed E-state index contributed by atoms with van der Waals surface area (Å²) < 4.78 is 6.15. The second kappa shape index (κ2) is 10.9. The Labute approximate surface area is 183 Å². The van der Waals surface area contributed by atoms with Crippen LogP contribution in [0.3, 0.4) is 0 Å². The van der Waals surface area contributed by atoms with Crippen LogP contribution in [0.5, 0.6) is 0 Å². The Morgan fingerprint density at radius 3 is 1.60 bits per heavy atom. The summed E-state index contributed by atoms with van der Waals surface area (Å²) in [6.45, 7) is 10.7. The molecule has 2 aromatic carbocycles. The van der Waals surface area contributed by atoms with Crippen LogP contribution in [-0.4, -0.2) is 16.4 Å². The second-order valence-electron chi connectivity index (χ2n) is 8.50. The van der Waals surface area contributed by atoms with Crippen LogP contribution in [0.15, 0.2) is 36.4 Å². The minimum atomic E-state index is -4.74. The van der Waals surface area contributed by atoms with Gasteiger partial charge in [0.15, 0.2) is 0 Å². The minimum absolute atomic E-state index is 0.348. The molecule has 0 fully saturated rings. The number of hydrogen-bond donors (Lipinski definition) is 2. The molecule has 30 heavy (non-hydrogen) atoms. The Morgan fingerprint density at radius 1 is 0.700 bits per heavy atom. The van der Waals surface area contributed by atoms with Gasteiger partial charge < -0.3 is 0 Å². The molecule has 4 heteroatoms. The van der Waals surface area contributed by atoms with Crippen LogP contribution in [0.1, 0.15) is 81.5 Å². The number of aryl methyl sites for hydroxylation is 4. The number of hydrogen-bond acceptors (Lipinski definition) is 3. The van der Waals surface area contributed by atoms with Crippen LogP contribution in [0.4, 0.5) is 0 Å². The van der Waals surface area contributed by atoms with E-state index in [2.05, 4.69) is 20.8 Å². The van der Waals surface area contributed by atoms with Crippen molar-refractivity contribution in [2.24, 2.45) is 0 Å². The standard InChI is InChI=1S/C26H41O3P/c1-6-9-10-11-12-13-18-29-30(27,28,25-16-14-23(7-2)19-21(25)4)26-17-15-24(8-3)20-22(26)5/h14-17,19-20,27-28H,6-13,18H2,1-5H3. The summed E-state index contributed by atoms with van der Waals surface area (Å²) in [5.41, 5.74) is 4.12. The molecule has 0 saturated carbocycles. The summed E-state index contributed by atoms with van der Waals surface area (Å²) in [6, 6.07) is 11.8. The van der Waals surface area contributed by atoms with Crippen molar-refractivity contribution >= 4 is 17.9 Å². The van der Waals surface area contributed by atoms with Gasteiger partial charge in [0.25, 0.3) is 0 Å². The quantitative estimate of drug-likeness (QED) is 0.318. The van der Waals surface area contributed by atoms with Crippen LogP contribution < -0.4 is 10.6 Å². The molecule has 0 aliphatic heterocycles. The monoisotopic (exact) mass is 432 g/mol. The topological polar surface area (TPSA) is 49.7 Å². The van der Waals surface area contributed by atoms with Crippen molar-refractivity contribution in [3.05, 3.63) is 58.7 Å². The van der Waals surface area contributed by atoms with Crippen molar-refractivity contribution in [1.82, 2.24) is 0 Å². The van der Waals surface area contributed by atoms with Crippen molar-refractivity contribution in [2.45, 2.75) is 86.0 Å². The summed E-state index contributed by atoms with van der Waals surface area (Å²) >= 11 is 0. The van der Waals surface area contributed by atoms with E-state index in [4.69, 9.17) is 4.52 Å². The Bertz CT molecular complexity index is 772. The van der Waals surface area contributed by atoms with Gasteiger partial charge in [0, 0.05) is 0 Å². The first kappa shape index (κ1) is 25.0. The van der Waals surface area contributed by atoms with E-state index in [-0.39, 0.29) is 0 Å². The first-order valence-corrected chi connectivity index (χ1v) is 13.7. The van der Waals surface area contributed by atoms with Crippen molar-refractivity contribution in [2.75, 3.05) is 6.61 Å². The molecule has 0 aliphatic carbocycles. The van der Waals surface area contributed by atoms with E-state index in [9.17, 15) is 9.79 Å². The van der Waals surface area contributed by atoms with Crippen molar-refractivity contribution < 1.29 is 14.3 Å². The first-order valence-electron chi connectivity index (χ1n) is 11.6. The molecule has 0 aliphatic rings. The fourth-order valence-electron chi connectivity index (χ4n) is 4.17. The molecule has 3 nitrogen and oxygen atoms in total. The molecule has 0 saturated heterocycles. The Balaban J connectivity index is 2.39. The summed E-state index contributed by atoms with van der Waals surface area (Å²) in [4.78, 5) is 24.0. The fourth-order valence-corrected chi connectivity index (χ4v) is 7.27. The van der Waals surface area contributed by atoms with Crippen LogP contribution in [0.25, 0.3) is 0 Å².